The van der Waals surface area contributed by atoms with Gasteiger partial charge in [-0.1, -0.05) is 0 Å². The first-order valence-corrected chi connectivity index (χ1v) is 3.60. The Kier molecular flexibility index (Phi) is 2.83. The summed E-state index contributed by atoms with van der Waals surface area (Å²) in [4.78, 5) is 0. The van der Waals surface area contributed by atoms with Gasteiger partial charge in [-0.2, -0.15) is 5.26 Å². The number of aliphatic hydroxyl groups is 1. The van der Waals surface area contributed by atoms with Crippen LogP contribution in [0.1, 0.15) is 11.1 Å². The molecule has 68 valence electrons. The molecule has 1 aromatic carbocycles. The van der Waals surface area contributed by atoms with Crippen LogP contribution in [0.2, 0.25) is 0 Å². The van der Waals surface area contributed by atoms with Gasteiger partial charge >= 0.3 is 0 Å². The second-order valence-electron chi connectivity index (χ2n) is 2.43. The van der Waals surface area contributed by atoms with Gasteiger partial charge in [0.05, 0.1) is 19.3 Å². The summed E-state index contributed by atoms with van der Waals surface area (Å²) in [6.07, 6.45) is 0. The minimum absolute atomic E-state index is 0.0836. The summed E-state index contributed by atoms with van der Waals surface area (Å²) >= 11 is 0. The molecule has 0 heterocycles. The van der Waals surface area contributed by atoms with Crippen molar-refractivity contribution in [3.63, 3.8) is 0 Å². The third-order valence-corrected chi connectivity index (χ3v) is 1.61. The van der Waals surface area contributed by atoms with Crippen molar-refractivity contribution in [2.45, 2.75) is 6.61 Å². The van der Waals surface area contributed by atoms with E-state index in [0.717, 1.165) is 6.07 Å². The van der Waals surface area contributed by atoms with Gasteiger partial charge < -0.3 is 9.84 Å². The van der Waals surface area contributed by atoms with E-state index in [1.165, 1.54) is 13.2 Å². The molecule has 0 saturated carbocycles. The van der Waals surface area contributed by atoms with Crippen molar-refractivity contribution in [3.05, 3.63) is 29.1 Å². The highest BCUT2D eigenvalue weighted by Gasteiger charge is 2.10. The first kappa shape index (κ1) is 9.49. The Hall–Kier alpha value is -1.60. The standard InChI is InChI=1S/C9H8FNO2/c1-13-9-7(4-11)2-6(5-12)3-8(9)10/h2-3,12H,5H2,1H3. The maximum Gasteiger partial charge on any atom is 0.172 e. The molecule has 0 bridgehead atoms. The van der Waals surface area contributed by atoms with E-state index >= 15 is 0 Å². The zero-order valence-corrected chi connectivity index (χ0v) is 7.04. The third-order valence-electron chi connectivity index (χ3n) is 1.61. The van der Waals surface area contributed by atoms with Crippen LogP contribution in [0.15, 0.2) is 12.1 Å². The maximum atomic E-state index is 13.1. The number of rotatable bonds is 2. The summed E-state index contributed by atoms with van der Waals surface area (Å²) < 4.78 is 17.8. The van der Waals surface area contributed by atoms with Gasteiger partial charge in [-0.05, 0) is 17.7 Å². The van der Waals surface area contributed by atoms with Crippen LogP contribution in [-0.2, 0) is 6.61 Å². The van der Waals surface area contributed by atoms with Crippen molar-refractivity contribution >= 4 is 0 Å². The predicted octanol–water partition coefficient (Wildman–Crippen LogP) is 1.20. The van der Waals surface area contributed by atoms with Gasteiger partial charge in [-0.25, -0.2) is 4.39 Å². The molecule has 0 amide bonds. The highest BCUT2D eigenvalue weighted by atomic mass is 19.1. The van der Waals surface area contributed by atoms with E-state index in [-0.39, 0.29) is 17.9 Å². The second kappa shape index (κ2) is 3.87. The molecule has 0 spiro atoms. The van der Waals surface area contributed by atoms with Crippen LogP contribution in [-0.4, -0.2) is 12.2 Å². The lowest BCUT2D eigenvalue weighted by molar-refractivity contribution is 0.280. The van der Waals surface area contributed by atoms with Gasteiger partial charge in [0, 0.05) is 0 Å². The number of hydrogen-bond donors (Lipinski definition) is 1. The predicted molar refractivity (Wildman–Crippen MR) is 43.6 cm³/mol. The molecule has 0 aliphatic carbocycles. The first-order valence-electron chi connectivity index (χ1n) is 3.60. The van der Waals surface area contributed by atoms with E-state index in [2.05, 4.69) is 4.74 Å². The highest BCUT2D eigenvalue weighted by molar-refractivity contribution is 5.46. The summed E-state index contributed by atoms with van der Waals surface area (Å²) in [6, 6.07) is 4.32. The SMILES string of the molecule is COc1c(F)cc(CO)cc1C#N. The third kappa shape index (κ3) is 1.76. The molecule has 0 aliphatic rings. The van der Waals surface area contributed by atoms with Crippen LogP contribution in [0.3, 0.4) is 0 Å². The molecule has 1 rings (SSSR count). The normalized spacial score (nSPS) is 9.38. The molecule has 1 aromatic rings. The van der Waals surface area contributed by atoms with E-state index < -0.39 is 5.82 Å². The molecule has 0 aromatic heterocycles. The largest absolute Gasteiger partial charge is 0.492 e. The van der Waals surface area contributed by atoms with Crippen molar-refractivity contribution in [2.24, 2.45) is 0 Å². The average molecular weight is 181 g/mol. The number of aliphatic hydroxyl groups excluding tert-OH is 1. The lowest BCUT2D eigenvalue weighted by Gasteiger charge is -2.05. The molecule has 1 N–H and O–H groups in total. The molecule has 0 aliphatic heterocycles. The van der Waals surface area contributed by atoms with Crippen LogP contribution in [0.4, 0.5) is 4.39 Å². The summed E-state index contributed by atoms with van der Waals surface area (Å²) in [7, 11) is 1.29. The monoisotopic (exact) mass is 181 g/mol. The number of nitrogens with zero attached hydrogens (tertiary/aromatic N) is 1. The minimum atomic E-state index is -0.634. The number of halogens is 1. The molecular weight excluding hydrogens is 173 g/mol. The molecule has 0 saturated heterocycles. The Morgan fingerprint density at radius 2 is 2.31 bits per heavy atom. The van der Waals surface area contributed by atoms with Gasteiger partial charge in [0.2, 0.25) is 0 Å². The molecule has 4 heteroatoms. The molecule has 0 radical (unpaired) electrons. The van der Waals surface area contributed by atoms with Gasteiger partial charge in [-0.3, -0.25) is 0 Å². The molecular formula is C9H8FNO2. The van der Waals surface area contributed by atoms with Crippen molar-refractivity contribution in [1.82, 2.24) is 0 Å². The van der Waals surface area contributed by atoms with Crippen LogP contribution < -0.4 is 4.74 Å². The maximum absolute atomic E-state index is 13.1. The van der Waals surface area contributed by atoms with Gasteiger partial charge in [0.1, 0.15) is 6.07 Å². The van der Waals surface area contributed by atoms with E-state index in [4.69, 9.17) is 10.4 Å². The van der Waals surface area contributed by atoms with E-state index in [9.17, 15) is 4.39 Å². The smallest absolute Gasteiger partial charge is 0.172 e. The van der Waals surface area contributed by atoms with Crippen LogP contribution in [0, 0.1) is 17.1 Å². The fraction of sp³-hybridized carbons (Fsp3) is 0.222. The Morgan fingerprint density at radius 3 is 2.77 bits per heavy atom. The number of benzene rings is 1. The van der Waals surface area contributed by atoms with Crippen LogP contribution in [0.25, 0.3) is 0 Å². The fourth-order valence-corrected chi connectivity index (χ4v) is 1.03. The van der Waals surface area contributed by atoms with Gasteiger partial charge in [0.15, 0.2) is 11.6 Å². The lowest BCUT2D eigenvalue weighted by Crippen LogP contribution is -1.95. The van der Waals surface area contributed by atoms with Crippen LogP contribution in [0.5, 0.6) is 5.75 Å². The Bertz CT molecular complexity index is 357. The number of hydrogen-bond acceptors (Lipinski definition) is 3. The Labute approximate surface area is 75.0 Å². The van der Waals surface area contributed by atoms with Gasteiger partial charge in [0.25, 0.3) is 0 Å². The highest BCUT2D eigenvalue weighted by Crippen LogP contribution is 2.23. The average Bonchev–Trinajstić information content (AvgIpc) is 2.16. The van der Waals surface area contributed by atoms with E-state index in [1.54, 1.807) is 6.07 Å². The summed E-state index contributed by atoms with van der Waals surface area (Å²) in [6.45, 7) is -0.296. The minimum Gasteiger partial charge on any atom is -0.492 e. The Balaban J connectivity index is 3.31. The quantitative estimate of drug-likeness (QED) is 0.745. The van der Waals surface area contributed by atoms with Crippen molar-refractivity contribution < 1.29 is 14.2 Å². The molecule has 0 fully saturated rings. The second-order valence-corrected chi connectivity index (χ2v) is 2.43. The zero-order chi connectivity index (χ0) is 9.84. The van der Waals surface area contributed by atoms with Crippen molar-refractivity contribution in [1.29, 1.82) is 5.26 Å². The van der Waals surface area contributed by atoms with E-state index in [1.807, 2.05) is 0 Å². The van der Waals surface area contributed by atoms with Crippen molar-refractivity contribution in [2.75, 3.05) is 7.11 Å². The van der Waals surface area contributed by atoms with Crippen LogP contribution >= 0.6 is 0 Å². The zero-order valence-electron chi connectivity index (χ0n) is 7.04. The topological polar surface area (TPSA) is 53.2 Å². The summed E-state index contributed by atoms with van der Waals surface area (Å²) in [5, 5.41) is 17.3. The first-order chi connectivity index (χ1) is 6.22. The lowest BCUT2D eigenvalue weighted by atomic mass is 10.1. The molecule has 3 nitrogen and oxygen atoms in total. The summed E-state index contributed by atoms with van der Waals surface area (Å²) in [5.74, 6) is -0.717. The summed E-state index contributed by atoms with van der Waals surface area (Å²) in [5.41, 5.74) is 0.446. The number of methoxy groups -OCH3 is 1. The van der Waals surface area contributed by atoms with Gasteiger partial charge in [-0.15, -0.1) is 0 Å². The molecule has 0 unspecified atom stereocenters. The molecule has 0 atom stereocenters. The fourth-order valence-electron chi connectivity index (χ4n) is 1.03. The van der Waals surface area contributed by atoms with E-state index in [0.29, 0.717) is 5.56 Å². The molecule has 13 heavy (non-hydrogen) atoms. The number of nitriles is 1. The Morgan fingerprint density at radius 1 is 1.62 bits per heavy atom. The number of ether oxygens (including phenoxy) is 1. The van der Waals surface area contributed by atoms with Crippen molar-refractivity contribution in [3.8, 4) is 11.8 Å².